The van der Waals surface area contributed by atoms with Gasteiger partial charge in [0.15, 0.2) is 0 Å². The van der Waals surface area contributed by atoms with E-state index in [1.807, 2.05) is 35.6 Å². The Kier molecular flexibility index (Phi) is 6.15. The summed E-state index contributed by atoms with van der Waals surface area (Å²) in [4.78, 5) is 12.6. The summed E-state index contributed by atoms with van der Waals surface area (Å²) in [5, 5.41) is 17.7. The molecule has 0 aliphatic heterocycles. The van der Waals surface area contributed by atoms with Crippen LogP contribution in [0.1, 0.15) is 37.5 Å². The van der Waals surface area contributed by atoms with Gasteiger partial charge in [0.1, 0.15) is 15.1 Å². The zero-order valence-electron chi connectivity index (χ0n) is 17.4. The van der Waals surface area contributed by atoms with Crippen LogP contribution in [-0.2, 0) is 11.3 Å². The molecule has 1 heterocycles. The van der Waals surface area contributed by atoms with E-state index in [0.717, 1.165) is 15.8 Å². The summed E-state index contributed by atoms with van der Waals surface area (Å²) in [5.41, 5.74) is 2.40. The molecular weight excluding hydrogens is 498 g/mol. The molecule has 0 saturated carbocycles. The highest BCUT2D eigenvalue weighted by atomic mass is 127. The van der Waals surface area contributed by atoms with Crippen LogP contribution in [0, 0.1) is 27.8 Å². The lowest BCUT2D eigenvalue weighted by Gasteiger charge is -2.19. The fourth-order valence-electron chi connectivity index (χ4n) is 3.33. The molecule has 0 saturated heterocycles. The van der Waals surface area contributed by atoms with Crippen LogP contribution in [0.15, 0.2) is 24.3 Å². The molecule has 6 nitrogen and oxygen atoms in total. The van der Waals surface area contributed by atoms with Crippen molar-refractivity contribution in [1.82, 2.24) is 15.1 Å². The van der Waals surface area contributed by atoms with Crippen LogP contribution < -0.4 is 5.32 Å². The zero-order valence-corrected chi connectivity index (χ0v) is 19.6. The maximum absolute atomic E-state index is 15.0. The number of nitriles is 1. The number of nitrogens with one attached hydrogen (secondary N) is 1. The Balaban J connectivity index is 2.21. The summed E-state index contributed by atoms with van der Waals surface area (Å²) in [6, 6.07) is 8.77. The molecule has 2 aromatic carbocycles. The molecule has 0 radical (unpaired) electrons. The number of ether oxygens (including phenoxy) is 1. The highest BCUT2D eigenvalue weighted by molar-refractivity contribution is 14.1. The highest BCUT2D eigenvalue weighted by Crippen LogP contribution is 2.35. The number of aryl methyl sites for hydroxylation is 1. The molecule has 156 valence electrons. The van der Waals surface area contributed by atoms with Crippen molar-refractivity contribution in [1.29, 1.82) is 5.26 Å². The Bertz CT molecular complexity index is 1170. The summed E-state index contributed by atoms with van der Waals surface area (Å²) < 4.78 is 22.1. The van der Waals surface area contributed by atoms with Crippen LogP contribution in [0.4, 0.5) is 9.18 Å². The molecule has 0 atom stereocenters. The third kappa shape index (κ3) is 4.32. The molecule has 8 heteroatoms. The lowest BCUT2D eigenvalue weighted by molar-refractivity contribution is 0.0522. The summed E-state index contributed by atoms with van der Waals surface area (Å²) in [6.45, 7) is 7.66. The van der Waals surface area contributed by atoms with E-state index < -0.39 is 17.5 Å². The molecule has 0 spiro atoms. The average Bonchev–Trinajstić information content (AvgIpc) is 2.95. The first-order chi connectivity index (χ1) is 14.1. The second-order valence-electron chi connectivity index (χ2n) is 8.01. The summed E-state index contributed by atoms with van der Waals surface area (Å²) >= 11 is 2.02. The Morgan fingerprint density at radius 3 is 2.60 bits per heavy atom. The second-order valence-corrected chi connectivity index (χ2v) is 9.03. The van der Waals surface area contributed by atoms with E-state index in [-0.39, 0.29) is 5.56 Å². The number of benzene rings is 2. The number of nitrogens with zero attached hydrogens (tertiary/aromatic N) is 3. The van der Waals surface area contributed by atoms with E-state index in [2.05, 4.69) is 16.5 Å². The maximum Gasteiger partial charge on any atom is 0.435 e. The number of halogens is 2. The first-order valence-corrected chi connectivity index (χ1v) is 10.4. The minimum atomic E-state index is -0.686. The molecule has 0 bridgehead atoms. The topological polar surface area (TPSA) is 79.9 Å². The van der Waals surface area contributed by atoms with Crippen LogP contribution >= 0.6 is 22.6 Å². The quantitative estimate of drug-likeness (QED) is 0.485. The first-order valence-electron chi connectivity index (χ1n) is 9.35. The third-order valence-corrected chi connectivity index (χ3v) is 5.26. The van der Waals surface area contributed by atoms with Crippen molar-refractivity contribution in [2.75, 3.05) is 7.05 Å². The molecule has 1 aromatic heterocycles. The number of hydrogen-bond donors (Lipinski definition) is 1. The summed E-state index contributed by atoms with van der Waals surface area (Å²) in [7, 11) is 1.80. The van der Waals surface area contributed by atoms with E-state index in [1.54, 1.807) is 40.0 Å². The predicted molar refractivity (Wildman–Crippen MR) is 122 cm³/mol. The molecule has 0 fully saturated rings. The monoisotopic (exact) mass is 520 g/mol. The Morgan fingerprint density at radius 2 is 2.03 bits per heavy atom. The van der Waals surface area contributed by atoms with Gasteiger partial charge in [-0.1, -0.05) is 6.07 Å². The van der Waals surface area contributed by atoms with Gasteiger partial charge in [-0.05, 0) is 86.7 Å². The molecule has 1 N–H and O–H groups in total. The lowest BCUT2D eigenvalue weighted by atomic mass is 9.93. The standard InChI is InChI=1S/C22H22FIN4O2/c1-12-6-13(11-26-5)7-17(23)19(12)15-9-16-18(8-14(15)10-25)28(27-20(16)24)21(29)30-22(2,3)4/h6-9,26H,11H2,1-5H3. The molecule has 0 amide bonds. The van der Waals surface area contributed by atoms with Gasteiger partial charge in [-0.2, -0.15) is 15.0 Å². The number of fused-ring (bicyclic) bond motifs is 1. The van der Waals surface area contributed by atoms with Gasteiger partial charge in [0.25, 0.3) is 0 Å². The van der Waals surface area contributed by atoms with Gasteiger partial charge < -0.3 is 10.1 Å². The highest BCUT2D eigenvalue weighted by Gasteiger charge is 2.24. The van der Waals surface area contributed by atoms with Crippen molar-refractivity contribution in [2.24, 2.45) is 0 Å². The van der Waals surface area contributed by atoms with E-state index >= 15 is 4.39 Å². The van der Waals surface area contributed by atoms with Crippen molar-refractivity contribution in [3.8, 4) is 17.2 Å². The van der Waals surface area contributed by atoms with Gasteiger partial charge in [0.2, 0.25) is 0 Å². The molecule has 3 rings (SSSR count). The second kappa shape index (κ2) is 8.32. The molecular formula is C22H22FIN4O2. The molecule has 0 aliphatic carbocycles. The van der Waals surface area contributed by atoms with Gasteiger partial charge in [-0.3, -0.25) is 0 Å². The Labute approximate surface area is 188 Å². The van der Waals surface area contributed by atoms with Crippen molar-refractivity contribution < 1.29 is 13.9 Å². The van der Waals surface area contributed by atoms with E-state index in [9.17, 15) is 10.1 Å². The summed E-state index contributed by atoms with van der Waals surface area (Å²) in [6.07, 6.45) is -0.633. The van der Waals surface area contributed by atoms with Crippen molar-refractivity contribution in [3.63, 3.8) is 0 Å². The fraction of sp³-hybridized carbons (Fsp3) is 0.318. The normalized spacial score (nSPS) is 11.5. The van der Waals surface area contributed by atoms with Crippen molar-refractivity contribution >= 4 is 39.6 Å². The largest absolute Gasteiger partial charge is 0.442 e. The number of carbonyl (C=O) groups excluding carboxylic acids is 1. The average molecular weight is 520 g/mol. The number of rotatable bonds is 3. The Hall–Kier alpha value is -2.51. The molecule has 3 aromatic rings. The number of aromatic nitrogens is 2. The number of hydrogen-bond acceptors (Lipinski definition) is 5. The van der Waals surface area contributed by atoms with E-state index in [4.69, 9.17) is 4.74 Å². The summed E-state index contributed by atoms with van der Waals surface area (Å²) in [5.74, 6) is -0.398. The lowest BCUT2D eigenvalue weighted by Crippen LogP contribution is -2.27. The SMILES string of the molecule is CNCc1cc(C)c(-c2cc3c(I)nn(C(=O)OC(C)(C)C)c3cc2C#N)c(F)c1. The van der Waals surface area contributed by atoms with Gasteiger partial charge in [0, 0.05) is 23.1 Å². The van der Waals surface area contributed by atoms with Gasteiger partial charge in [-0.25, -0.2) is 9.18 Å². The van der Waals surface area contributed by atoms with Crippen LogP contribution in [0.2, 0.25) is 0 Å². The third-order valence-electron chi connectivity index (χ3n) is 4.46. The maximum atomic E-state index is 15.0. The smallest absolute Gasteiger partial charge is 0.435 e. The predicted octanol–water partition coefficient (Wildman–Crippen LogP) is 5.13. The first kappa shape index (κ1) is 22.2. The minimum absolute atomic E-state index is 0.256. The van der Waals surface area contributed by atoms with Crippen LogP contribution in [0.25, 0.3) is 22.0 Å². The fourth-order valence-corrected chi connectivity index (χ4v) is 3.98. The van der Waals surface area contributed by atoms with Crippen LogP contribution in [0.3, 0.4) is 0 Å². The zero-order chi connectivity index (χ0) is 22.2. The van der Waals surface area contributed by atoms with Gasteiger partial charge in [-0.15, -0.1) is 0 Å². The molecule has 0 aliphatic rings. The van der Waals surface area contributed by atoms with E-state index in [0.29, 0.717) is 32.3 Å². The van der Waals surface area contributed by atoms with Gasteiger partial charge >= 0.3 is 6.09 Å². The van der Waals surface area contributed by atoms with Crippen molar-refractivity contribution in [3.05, 3.63) is 50.5 Å². The van der Waals surface area contributed by atoms with Crippen molar-refractivity contribution in [2.45, 2.75) is 39.8 Å². The van der Waals surface area contributed by atoms with Gasteiger partial charge in [0.05, 0.1) is 17.1 Å². The minimum Gasteiger partial charge on any atom is -0.442 e. The molecule has 0 unspecified atom stereocenters. The molecule has 30 heavy (non-hydrogen) atoms. The van der Waals surface area contributed by atoms with E-state index in [1.165, 1.54) is 6.07 Å². The number of carbonyl (C=O) groups is 1. The Morgan fingerprint density at radius 1 is 1.33 bits per heavy atom. The van der Waals surface area contributed by atoms with Crippen LogP contribution in [0.5, 0.6) is 0 Å². The van der Waals surface area contributed by atoms with Crippen LogP contribution in [-0.4, -0.2) is 28.5 Å².